The van der Waals surface area contributed by atoms with Gasteiger partial charge in [-0.1, -0.05) is 0 Å². The highest BCUT2D eigenvalue weighted by Gasteiger charge is 2.06. The Morgan fingerprint density at radius 3 is 2.75 bits per heavy atom. The van der Waals surface area contributed by atoms with E-state index in [1.54, 1.807) is 19.3 Å². The molecule has 1 aromatic rings. The molecule has 0 aliphatic rings. The van der Waals surface area contributed by atoms with E-state index in [0.717, 1.165) is 5.56 Å². The number of anilines is 1. The zero-order chi connectivity index (χ0) is 11.4. The fourth-order valence-electron chi connectivity index (χ4n) is 1.31. The van der Waals surface area contributed by atoms with Gasteiger partial charge in [-0.2, -0.15) is 0 Å². The van der Waals surface area contributed by atoms with Gasteiger partial charge in [-0.3, -0.25) is 9.59 Å². The van der Waals surface area contributed by atoms with E-state index in [1.165, 1.54) is 4.57 Å². The molecule has 0 spiro atoms. The second-order valence-corrected chi connectivity index (χ2v) is 3.43. The van der Waals surface area contributed by atoms with Gasteiger partial charge < -0.3 is 15.6 Å². The summed E-state index contributed by atoms with van der Waals surface area (Å²) in [6, 6.07) is 1.65. The number of nitrogens with two attached hydrogens (primary N) is 1. The number of rotatable bonds is 3. The second-order valence-electron chi connectivity index (χ2n) is 3.43. The fraction of sp³-hybridized carbons (Fsp3) is 0.400. The number of aryl methyl sites for hydroxylation is 2. The van der Waals surface area contributed by atoms with Gasteiger partial charge in [0.15, 0.2) is 0 Å². The van der Waals surface area contributed by atoms with Gasteiger partial charge in [-0.05, 0) is 18.6 Å². The third kappa shape index (κ3) is 3.67. The molecule has 0 saturated heterocycles. The van der Waals surface area contributed by atoms with E-state index >= 15 is 0 Å². The van der Waals surface area contributed by atoms with Gasteiger partial charge in [0.05, 0.1) is 0 Å². The highest BCUT2D eigenvalue weighted by atomic mass is 35.5. The van der Waals surface area contributed by atoms with Crippen molar-refractivity contribution in [2.45, 2.75) is 13.3 Å². The quantitative estimate of drug-likeness (QED) is 0.810. The molecule has 0 aliphatic carbocycles. The molecule has 1 heterocycles. The first-order valence-corrected chi connectivity index (χ1v) is 4.72. The van der Waals surface area contributed by atoms with Gasteiger partial charge in [-0.15, -0.1) is 12.4 Å². The van der Waals surface area contributed by atoms with E-state index in [4.69, 9.17) is 5.73 Å². The van der Waals surface area contributed by atoms with E-state index in [1.807, 2.05) is 6.92 Å². The Morgan fingerprint density at radius 2 is 2.19 bits per heavy atom. The normalized spacial score (nSPS) is 9.44. The summed E-state index contributed by atoms with van der Waals surface area (Å²) in [4.78, 5) is 22.8. The predicted octanol–water partition coefficient (Wildman–Crippen LogP) is 0.403. The molecule has 0 radical (unpaired) electrons. The van der Waals surface area contributed by atoms with Gasteiger partial charge >= 0.3 is 0 Å². The maximum Gasteiger partial charge on any atom is 0.274 e. The van der Waals surface area contributed by atoms with Crippen molar-refractivity contribution in [1.82, 2.24) is 4.57 Å². The van der Waals surface area contributed by atoms with Crippen molar-refractivity contribution in [3.8, 4) is 0 Å². The Kier molecular flexibility index (Phi) is 5.77. The molecule has 1 amide bonds. The molecule has 0 unspecified atom stereocenters. The Balaban J connectivity index is 0.00000225. The summed E-state index contributed by atoms with van der Waals surface area (Å²) < 4.78 is 1.44. The second kappa shape index (κ2) is 6.30. The predicted molar refractivity (Wildman–Crippen MR) is 66.0 cm³/mol. The van der Waals surface area contributed by atoms with Crippen LogP contribution in [0.25, 0.3) is 0 Å². The SMILES string of the molecule is Cc1cc(NC(=O)CCN)c(=O)n(C)c1.Cl. The van der Waals surface area contributed by atoms with Crippen molar-refractivity contribution >= 4 is 24.0 Å². The van der Waals surface area contributed by atoms with E-state index in [0.29, 0.717) is 5.69 Å². The lowest BCUT2D eigenvalue weighted by atomic mass is 10.2. The first-order chi connectivity index (χ1) is 7.04. The minimum Gasteiger partial charge on any atom is -0.330 e. The van der Waals surface area contributed by atoms with Crippen molar-refractivity contribution in [3.63, 3.8) is 0 Å². The molecule has 0 aromatic carbocycles. The summed E-state index contributed by atoms with van der Waals surface area (Å²) in [5.74, 6) is -0.236. The zero-order valence-electron chi connectivity index (χ0n) is 9.32. The van der Waals surface area contributed by atoms with Crippen LogP contribution in [-0.4, -0.2) is 17.0 Å². The Morgan fingerprint density at radius 1 is 1.56 bits per heavy atom. The van der Waals surface area contributed by atoms with Crippen LogP contribution in [0.1, 0.15) is 12.0 Å². The van der Waals surface area contributed by atoms with E-state index < -0.39 is 0 Å². The van der Waals surface area contributed by atoms with Gasteiger partial charge in [0.1, 0.15) is 5.69 Å². The van der Waals surface area contributed by atoms with Crippen LogP contribution in [0.2, 0.25) is 0 Å². The number of hydrogen-bond donors (Lipinski definition) is 2. The van der Waals surface area contributed by atoms with Crippen LogP contribution in [0, 0.1) is 6.92 Å². The minimum atomic E-state index is -0.236. The highest BCUT2D eigenvalue weighted by molar-refractivity contribution is 5.90. The number of amides is 1. The summed E-state index contributed by atoms with van der Waals surface area (Å²) in [5.41, 5.74) is 6.24. The molecular weight excluding hydrogens is 230 g/mol. The molecule has 5 nitrogen and oxygen atoms in total. The van der Waals surface area contributed by atoms with Crippen molar-refractivity contribution in [2.24, 2.45) is 12.8 Å². The fourth-order valence-corrected chi connectivity index (χ4v) is 1.31. The molecule has 0 saturated carbocycles. The lowest BCUT2D eigenvalue weighted by Gasteiger charge is -2.06. The van der Waals surface area contributed by atoms with Crippen molar-refractivity contribution < 1.29 is 4.79 Å². The third-order valence-corrected chi connectivity index (χ3v) is 1.97. The van der Waals surface area contributed by atoms with Crippen LogP contribution in [0.3, 0.4) is 0 Å². The van der Waals surface area contributed by atoms with Crippen LogP contribution in [-0.2, 0) is 11.8 Å². The van der Waals surface area contributed by atoms with E-state index in [2.05, 4.69) is 5.32 Å². The number of hydrogen-bond acceptors (Lipinski definition) is 3. The lowest BCUT2D eigenvalue weighted by Crippen LogP contribution is -2.25. The number of carbonyl (C=O) groups excluding carboxylic acids is 1. The van der Waals surface area contributed by atoms with Crippen LogP contribution >= 0.6 is 12.4 Å². The molecular formula is C10H16ClN3O2. The van der Waals surface area contributed by atoms with Crippen molar-refractivity contribution in [1.29, 1.82) is 0 Å². The largest absolute Gasteiger partial charge is 0.330 e. The average Bonchev–Trinajstić information content (AvgIpc) is 2.13. The van der Waals surface area contributed by atoms with Crippen LogP contribution in [0.5, 0.6) is 0 Å². The molecule has 0 fully saturated rings. The number of carbonyl (C=O) groups is 1. The summed E-state index contributed by atoms with van der Waals surface area (Å²) in [6.45, 7) is 2.13. The maximum atomic E-state index is 11.6. The maximum absolute atomic E-state index is 11.6. The zero-order valence-corrected chi connectivity index (χ0v) is 10.1. The number of aromatic nitrogens is 1. The highest BCUT2D eigenvalue weighted by Crippen LogP contribution is 2.03. The number of nitrogens with zero attached hydrogens (tertiary/aromatic N) is 1. The molecule has 90 valence electrons. The van der Waals surface area contributed by atoms with Gasteiger partial charge in [-0.25, -0.2) is 0 Å². The molecule has 0 aliphatic heterocycles. The van der Waals surface area contributed by atoms with Crippen molar-refractivity contribution in [3.05, 3.63) is 28.2 Å². The Hall–Kier alpha value is -1.33. The van der Waals surface area contributed by atoms with Gasteiger partial charge in [0.2, 0.25) is 5.91 Å². The molecule has 3 N–H and O–H groups in total. The number of nitrogens with one attached hydrogen (secondary N) is 1. The van der Waals surface area contributed by atoms with E-state index in [-0.39, 0.29) is 36.8 Å². The first-order valence-electron chi connectivity index (χ1n) is 4.72. The average molecular weight is 246 g/mol. The monoisotopic (exact) mass is 245 g/mol. The first kappa shape index (κ1) is 14.7. The van der Waals surface area contributed by atoms with Crippen LogP contribution in [0.4, 0.5) is 5.69 Å². The summed E-state index contributed by atoms with van der Waals surface area (Å²) >= 11 is 0. The van der Waals surface area contributed by atoms with Gasteiger partial charge in [0, 0.05) is 26.2 Å². The van der Waals surface area contributed by atoms with Gasteiger partial charge in [0.25, 0.3) is 5.56 Å². The summed E-state index contributed by atoms with van der Waals surface area (Å²) in [7, 11) is 1.65. The van der Waals surface area contributed by atoms with Crippen LogP contribution in [0.15, 0.2) is 17.1 Å². The summed E-state index contributed by atoms with van der Waals surface area (Å²) in [6.07, 6.45) is 1.93. The molecule has 16 heavy (non-hydrogen) atoms. The topological polar surface area (TPSA) is 77.1 Å². The molecule has 0 bridgehead atoms. The molecule has 1 rings (SSSR count). The lowest BCUT2D eigenvalue weighted by molar-refractivity contribution is -0.116. The summed E-state index contributed by atoms with van der Waals surface area (Å²) in [5, 5.41) is 2.54. The number of pyridine rings is 1. The standard InChI is InChI=1S/C10H15N3O2.ClH/c1-7-5-8(10(15)13(2)6-7)12-9(14)3-4-11;/h5-6H,3-4,11H2,1-2H3,(H,12,14);1H. The third-order valence-electron chi connectivity index (χ3n) is 1.97. The van der Waals surface area contributed by atoms with Crippen molar-refractivity contribution in [2.75, 3.05) is 11.9 Å². The van der Waals surface area contributed by atoms with Crippen LogP contribution < -0.4 is 16.6 Å². The minimum absolute atomic E-state index is 0. The smallest absolute Gasteiger partial charge is 0.274 e. The van der Waals surface area contributed by atoms with E-state index in [9.17, 15) is 9.59 Å². The Labute approximate surface area is 100 Å². The molecule has 1 aromatic heterocycles. The number of halogens is 1. The molecule has 0 atom stereocenters. The molecule has 6 heteroatoms. The Bertz CT molecular complexity index is 429.